The van der Waals surface area contributed by atoms with Gasteiger partial charge in [-0.05, 0) is 23.5 Å². The summed E-state index contributed by atoms with van der Waals surface area (Å²) in [4.78, 5) is 9.18. The number of rotatable bonds is 6. The fourth-order valence-electron chi connectivity index (χ4n) is 1.45. The number of benzene rings is 1. The summed E-state index contributed by atoms with van der Waals surface area (Å²) in [6.45, 7) is 7.74. The number of halogens is 1. The van der Waals surface area contributed by atoms with E-state index >= 15 is 0 Å². The molecule has 0 atom stereocenters. The molecule has 0 bridgehead atoms. The molecule has 0 fully saturated rings. The van der Waals surface area contributed by atoms with E-state index in [-0.39, 0.29) is 17.9 Å². The van der Waals surface area contributed by atoms with Crippen molar-refractivity contribution in [3.63, 3.8) is 0 Å². The van der Waals surface area contributed by atoms with Gasteiger partial charge in [-0.25, -0.2) is 13.1 Å². The monoisotopic (exact) mass is 318 g/mol. The quantitative estimate of drug-likeness (QED) is 0.645. The topological polar surface area (TPSA) is 89.3 Å². The number of hydrogen-bond donors (Lipinski definition) is 1. The minimum absolute atomic E-state index is 0.0979. The summed E-state index contributed by atoms with van der Waals surface area (Å²) in [6.07, 6.45) is 0. The predicted octanol–water partition coefficient (Wildman–Crippen LogP) is 2.69. The van der Waals surface area contributed by atoms with Crippen LogP contribution in [0.15, 0.2) is 23.1 Å². The molecule has 0 aliphatic heterocycles. The Balaban J connectivity index is 3.16. The Morgan fingerprint density at radius 2 is 1.95 bits per heavy atom. The Hall–Kier alpha value is -1.54. The van der Waals surface area contributed by atoms with Gasteiger partial charge in [-0.1, -0.05) is 33.8 Å². The molecule has 0 amide bonds. The zero-order valence-corrected chi connectivity index (χ0v) is 13.2. The SMILES string of the molecule is CC(C)C(C)(C)CNS(=O)(=O)c1cccc(F)c1[N+](=O)[O-]. The molecule has 0 saturated carbocycles. The third-order valence-corrected chi connectivity index (χ3v) is 5.14. The largest absolute Gasteiger partial charge is 0.324 e. The minimum Gasteiger partial charge on any atom is -0.258 e. The number of para-hydroxylation sites is 1. The highest BCUT2D eigenvalue weighted by molar-refractivity contribution is 7.89. The molecule has 8 heteroatoms. The number of nitro benzene ring substituents is 1. The maximum atomic E-state index is 13.5. The molecule has 0 saturated heterocycles. The zero-order chi connectivity index (χ0) is 16.4. The molecule has 0 aliphatic carbocycles. The number of hydrogen-bond acceptors (Lipinski definition) is 4. The van der Waals surface area contributed by atoms with Crippen molar-refractivity contribution in [2.75, 3.05) is 6.54 Å². The first-order valence-electron chi connectivity index (χ1n) is 6.41. The van der Waals surface area contributed by atoms with Crippen LogP contribution in [0.1, 0.15) is 27.7 Å². The second-order valence-electron chi connectivity index (χ2n) is 5.81. The van der Waals surface area contributed by atoms with Gasteiger partial charge in [0.15, 0.2) is 4.90 Å². The molecule has 6 nitrogen and oxygen atoms in total. The van der Waals surface area contributed by atoms with Crippen LogP contribution in [0.2, 0.25) is 0 Å². The summed E-state index contributed by atoms with van der Waals surface area (Å²) in [6, 6.07) is 3.01. The second-order valence-corrected chi connectivity index (χ2v) is 7.55. The molecule has 1 N–H and O–H groups in total. The molecule has 1 rings (SSSR count). The Kier molecular flexibility index (Phi) is 5.06. The lowest BCUT2D eigenvalue weighted by molar-refractivity contribution is -0.390. The van der Waals surface area contributed by atoms with Crippen LogP contribution < -0.4 is 4.72 Å². The van der Waals surface area contributed by atoms with Gasteiger partial charge in [0, 0.05) is 6.54 Å². The summed E-state index contributed by atoms with van der Waals surface area (Å²) in [5.41, 5.74) is -1.37. The van der Waals surface area contributed by atoms with Crippen molar-refractivity contribution in [1.82, 2.24) is 4.72 Å². The van der Waals surface area contributed by atoms with Crippen LogP contribution in [-0.2, 0) is 10.0 Å². The number of nitrogens with one attached hydrogen (secondary N) is 1. The third-order valence-electron chi connectivity index (χ3n) is 3.70. The fraction of sp³-hybridized carbons (Fsp3) is 0.538. The first-order chi connectivity index (χ1) is 9.49. The van der Waals surface area contributed by atoms with Crippen LogP contribution in [0.25, 0.3) is 0 Å². The molecule has 0 radical (unpaired) electrons. The van der Waals surface area contributed by atoms with Crippen LogP contribution >= 0.6 is 0 Å². The van der Waals surface area contributed by atoms with Crippen molar-refractivity contribution in [3.05, 3.63) is 34.1 Å². The van der Waals surface area contributed by atoms with E-state index in [9.17, 15) is 22.9 Å². The van der Waals surface area contributed by atoms with E-state index in [0.717, 1.165) is 18.2 Å². The van der Waals surface area contributed by atoms with Crippen molar-refractivity contribution in [2.45, 2.75) is 32.6 Å². The summed E-state index contributed by atoms with van der Waals surface area (Å²) < 4.78 is 40.2. The standard InChI is InChI=1S/C13H19FN2O4S/c1-9(2)13(3,4)8-15-21(19,20)11-7-5-6-10(14)12(11)16(17)18/h5-7,9,15H,8H2,1-4H3. The summed E-state index contributed by atoms with van der Waals surface area (Å²) in [5.74, 6) is -0.978. The molecule has 118 valence electrons. The first-order valence-corrected chi connectivity index (χ1v) is 7.90. The van der Waals surface area contributed by atoms with E-state index in [1.807, 2.05) is 27.7 Å². The van der Waals surface area contributed by atoms with E-state index in [2.05, 4.69) is 4.72 Å². The number of sulfonamides is 1. The maximum Gasteiger partial charge on any atom is 0.324 e. The Labute approximate surface area is 123 Å². The molecular formula is C13H19FN2O4S. The van der Waals surface area contributed by atoms with Gasteiger partial charge in [0.2, 0.25) is 15.8 Å². The van der Waals surface area contributed by atoms with E-state index in [4.69, 9.17) is 0 Å². The van der Waals surface area contributed by atoms with E-state index in [1.54, 1.807) is 0 Å². The van der Waals surface area contributed by atoms with Crippen LogP contribution in [0.3, 0.4) is 0 Å². The summed E-state index contributed by atoms with van der Waals surface area (Å²) in [7, 11) is -4.16. The third kappa shape index (κ3) is 3.98. The summed E-state index contributed by atoms with van der Waals surface area (Å²) in [5, 5.41) is 10.9. The van der Waals surface area contributed by atoms with Crippen molar-refractivity contribution in [1.29, 1.82) is 0 Å². The Morgan fingerprint density at radius 3 is 2.43 bits per heavy atom. The lowest BCUT2D eigenvalue weighted by Crippen LogP contribution is -2.37. The van der Waals surface area contributed by atoms with Crippen LogP contribution in [0.4, 0.5) is 10.1 Å². The van der Waals surface area contributed by atoms with E-state index < -0.39 is 31.3 Å². The number of nitro groups is 1. The molecular weight excluding hydrogens is 299 g/mol. The predicted molar refractivity (Wildman–Crippen MR) is 76.9 cm³/mol. The summed E-state index contributed by atoms with van der Waals surface area (Å²) >= 11 is 0. The average Bonchev–Trinajstić information content (AvgIpc) is 2.35. The lowest BCUT2D eigenvalue weighted by atomic mass is 9.81. The highest BCUT2D eigenvalue weighted by atomic mass is 32.2. The second kappa shape index (κ2) is 6.07. The number of nitrogens with zero attached hydrogens (tertiary/aromatic N) is 1. The van der Waals surface area contributed by atoms with Crippen LogP contribution in [0, 0.1) is 27.3 Å². The average molecular weight is 318 g/mol. The van der Waals surface area contributed by atoms with Crippen molar-refractivity contribution < 1.29 is 17.7 Å². The highest BCUT2D eigenvalue weighted by Crippen LogP contribution is 2.29. The van der Waals surface area contributed by atoms with Crippen LogP contribution in [0.5, 0.6) is 0 Å². The van der Waals surface area contributed by atoms with Gasteiger partial charge in [-0.15, -0.1) is 0 Å². The van der Waals surface area contributed by atoms with E-state index in [0.29, 0.717) is 0 Å². The molecule has 1 aromatic carbocycles. The van der Waals surface area contributed by atoms with Gasteiger partial charge in [-0.3, -0.25) is 10.1 Å². The van der Waals surface area contributed by atoms with Gasteiger partial charge in [0.1, 0.15) is 0 Å². The molecule has 0 heterocycles. The maximum absolute atomic E-state index is 13.5. The van der Waals surface area contributed by atoms with Gasteiger partial charge >= 0.3 is 5.69 Å². The van der Waals surface area contributed by atoms with Gasteiger partial charge in [0.05, 0.1) is 4.92 Å². The molecule has 1 aromatic rings. The molecule has 0 spiro atoms. The molecule has 0 unspecified atom stereocenters. The lowest BCUT2D eigenvalue weighted by Gasteiger charge is -2.29. The minimum atomic E-state index is -4.16. The van der Waals surface area contributed by atoms with Gasteiger partial charge in [-0.2, -0.15) is 4.39 Å². The Morgan fingerprint density at radius 1 is 1.38 bits per heavy atom. The van der Waals surface area contributed by atoms with Crippen molar-refractivity contribution >= 4 is 15.7 Å². The molecule has 0 aromatic heterocycles. The van der Waals surface area contributed by atoms with Crippen LogP contribution in [-0.4, -0.2) is 19.9 Å². The van der Waals surface area contributed by atoms with E-state index in [1.165, 1.54) is 0 Å². The highest BCUT2D eigenvalue weighted by Gasteiger charge is 2.31. The zero-order valence-electron chi connectivity index (χ0n) is 12.4. The van der Waals surface area contributed by atoms with Gasteiger partial charge in [0.25, 0.3) is 0 Å². The Bertz CT molecular complexity index is 642. The fourth-order valence-corrected chi connectivity index (χ4v) is 2.85. The smallest absolute Gasteiger partial charge is 0.258 e. The van der Waals surface area contributed by atoms with Gasteiger partial charge < -0.3 is 0 Å². The van der Waals surface area contributed by atoms with Crippen molar-refractivity contribution in [3.8, 4) is 0 Å². The molecule has 21 heavy (non-hydrogen) atoms. The normalized spacial score (nSPS) is 12.7. The molecule has 0 aliphatic rings. The van der Waals surface area contributed by atoms with Crippen molar-refractivity contribution in [2.24, 2.45) is 11.3 Å². The first kappa shape index (κ1) is 17.5.